The van der Waals surface area contributed by atoms with Crippen molar-refractivity contribution in [2.75, 3.05) is 0 Å². The average Bonchev–Trinajstić information content (AvgIpc) is 2.31. The van der Waals surface area contributed by atoms with Crippen LogP contribution >= 0.6 is 0 Å². The second-order valence-corrected chi connectivity index (χ2v) is 6.23. The van der Waals surface area contributed by atoms with Gasteiger partial charge >= 0.3 is 105 Å². The summed E-state index contributed by atoms with van der Waals surface area (Å²) in [5.41, 5.74) is 7.42. The van der Waals surface area contributed by atoms with Crippen molar-refractivity contribution in [3.8, 4) is 0 Å². The van der Waals surface area contributed by atoms with Crippen molar-refractivity contribution in [3.05, 3.63) is 40.9 Å². The third-order valence-corrected chi connectivity index (χ3v) is 4.65. The Kier molecular flexibility index (Phi) is 5.27. The van der Waals surface area contributed by atoms with Crippen LogP contribution in [-0.2, 0) is 0 Å². The van der Waals surface area contributed by atoms with Gasteiger partial charge in [-0.3, -0.25) is 0 Å². The maximum atomic E-state index is 6.21. The molecule has 1 aromatic rings. The van der Waals surface area contributed by atoms with Gasteiger partial charge in [-0.15, -0.1) is 0 Å². The van der Waals surface area contributed by atoms with Crippen LogP contribution in [0.2, 0.25) is 0 Å². The molecule has 0 bridgehead atoms. The zero-order chi connectivity index (χ0) is 12.0. The number of benzene rings is 1. The van der Waals surface area contributed by atoms with Gasteiger partial charge in [-0.05, 0) is 0 Å². The van der Waals surface area contributed by atoms with Gasteiger partial charge in [-0.1, -0.05) is 0 Å². The fourth-order valence-corrected chi connectivity index (χ4v) is 3.01. The Morgan fingerprint density at radius 1 is 1.19 bits per heavy atom. The molecule has 2 N–H and O–H groups in total. The molecule has 0 atom stereocenters. The van der Waals surface area contributed by atoms with Gasteiger partial charge in [0.2, 0.25) is 0 Å². The second kappa shape index (κ2) is 6.24. The first kappa shape index (κ1) is 13.5. The Morgan fingerprint density at radius 3 is 2.25 bits per heavy atom. The Labute approximate surface area is 105 Å². The number of rotatable bonds is 5. The first-order valence-corrected chi connectivity index (χ1v) is 7.64. The molecule has 1 nitrogen and oxygen atoms in total. The van der Waals surface area contributed by atoms with E-state index in [0.29, 0.717) is 15.0 Å². The molecule has 0 heterocycles. The van der Waals surface area contributed by atoms with Crippen LogP contribution in [0, 0.1) is 6.92 Å². The van der Waals surface area contributed by atoms with Crippen molar-refractivity contribution < 1.29 is 0 Å². The van der Waals surface area contributed by atoms with E-state index in [4.69, 9.17) is 5.73 Å². The Hall–Kier alpha value is -0.561. The molecule has 0 saturated carbocycles. The third-order valence-electron chi connectivity index (χ3n) is 2.94. The third kappa shape index (κ3) is 4.13. The van der Waals surface area contributed by atoms with E-state index in [2.05, 4.69) is 56.1 Å². The minimum atomic E-state index is -0.105. The zero-order valence-corrected chi connectivity index (χ0v) is 12.1. The Balaban J connectivity index is 2.57. The van der Waals surface area contributed by atoms with E-state index >= 15 is 0 Å². The number of hydrogen-bond donors (Lipinski definition) is 1. The SMILES string of the molecule is CCC(N)(/C=C/[Se]c1ccc(C)cc1)CC. The topological polar surface area (TPSA) is 26.0 Å². The molecule has 0 spiro atoms. The summed E-state index contributed by atoms with van der Waals surface area (Å²) in [4.78, 5) is 2.25. The van der Waals surface area contributed by atoms with E-state index in [1.165, 1.54) is 10.0 Å². The Morgan fingerprint density at radius 2 is 1.75 bits per heavy atom. The predicted molar refractivity (Wildman–Crippen MR) is 73.2 cm³/mol. The van der Waals surface area contributed by atoms with E-state index < -0.39 is 0 Å². The van der Waals surface area contributed by atoms with Crippen LogP contribution in [0.4, 0.5) is 0 Å². The molecule has 88 valence electrons. The minimum absolute atomic E-state index is 0.105. The van der Waals surface area contributed by atoms with Gasteiger partial charge in [-0.2, -0.15) is 0 Å². The van der Waals surface area contributed by atoms with Gasteiger partial charge in [0.15, 0.2) is 0 Å². The van der Waals surface area contributed by atoms with Crippen LogP contribution in [0.1, 0.15) is 32.3 Å². The van der Waals surface area contributed by atoms with Crippen molar-refractivity contribution in [1.82, 2.24) is 0 Å². The number of hydrogen-bond acceptors (Lipinski definition) is 1. The molecule has 2 heteroatoms. The number of aryl methyl sites for hydroxylation is 1. The molecular weight excluding hydrogens is 261 g/mol. The standard InChI is InChI=1S/C14H21NSe/c1-4-14(15,5-2)10-11-16-13-8-6-12(3)7-9-13/h6-11H,4-5,15H2,1-3H3/b11-10+. The van der Waals surface area contributed by atoms with Crippen molar-refractivity contribution in [2.45, 2.75) is 39.2 Å². The molecular formula is C14H21NSe. The first-order valence-electron chi connectivity index (χ1n) is 5.79. The maximum absolute atomic E-state index is 6.21. The molecule has 0 aliphatic rings. The van der Waals surface area contributed by atoms with Crippen molar-refractivity contribution in [3.63, 3.8) is 0 Å². The summed E-state index contributed by atoms with van der Waals surface area (Å²) in [7, 11) is 0. The van der Waals surface area contributed by atoms with Crippen LogP contribution in [0.25, 0.3) is 0 Å². The average molecular weight is 282 g/mol. The fraction of sp³-hybridized carbons (Fsp3) is 0.429. The van der Waals surface area contributed by atoms with E-state index in [9.17, 15) is 0 Å². The zero-order valence-electron chi connectivity index (χ0n) is 10.4. The van der Waals surface area contributed by atoms with E-state index in [1.807, 2.05) is 0 Å². The molecule has 1 aromatic carbocycles. The first-order chi connectivity index (χ1) is 7.59. The molecule has 0 aliphatic carbocycles. The molecule has 0 unspecified atom stereocenters. The summed E-state index contributed by atoms with van der Waals surface area (Å²) in [6, 6.07) is 8.74. The molecule has 0 radical (unpaired) electrons. The van der Waals surface area contributed by atoms with Gasteiger partial charge in [-0.25, -0.2) is 0 Å². The molecule has 0 amide bonds. The predicted octanol–water partition coefficient (Wildman–Crippen LogP) is 2.36. The molecule has 0 saturated heterocycles. The fourth-order valence-electron chi connectivity index (χ4n) is 1.35. The molecule has 0 aromatic heterocycles. The van der Waals surface area contributed by atoms with E-state index in [0.717, 1.165) is 12.8 Å². The van der Waals surface area contributed by atoms with E-state index in [-0.39, 0.29) is 5.54 Å². The summed E-state index contributed by atoms with van der Waals surface area (Å²) in [6.07, 6.45) is 4.20. The normalized spacial score (nSPS) is 12.2. The van der Waals surface area contributed by atoms with E-state index in [1.54, 1.807) is 0 Å². The monoisotopic (exact) mass is 283 g/mol. The van der Waals surface area contributed by atoms with Crippen LogP contribution < -0.4 is 10.2 Å². The van der Waals surface area contributed by atoms with Crippen LogP contribution in [0.15, 0.2) is 35.3 Å². The van der Waals surface area contributed by atoms with Crippen LogP contribution in [-0.4, -0.2) is 20.5 Å². The van der Waals surface area contributed by atoms with Crippen LogP contribution in [0.5, 0.6) is 0 Å². The van der Waals surface area contributed by atoms with Gasteiger partial charge in [0.1, 0.15) is 0 Å². The summed E-state index contributed by atoms with van der Waals surface area (Å²) in [5.74, 6) is 0. The summed E-state index contributed by atoms with van der Waals surface area (Å²) < 4.78 is 1.41. The summed E-state index contributed by atoms with van der Waals surface area (Å²) >= 11 is 0.405. The molecule has 0 fully saturated rings. The summed E-state index contributed by atoms with van der Waals surface area (Å²) in [6.45, 7) is 6.41. The van der Waals surface area contributed by atoms with Gasteiger partial charge < -0.3 is 0 Å². The second-order valence-electron chi connectivity index (χ2n) is 4.17. The van der Waals surface area contributed by atoms with Crippen molar-refractivity contribution >= 4 is 19.4 Å². The quantitative estimate of drug-likeness (QED) is 0.824. The van der Waals surface area contributed by atoms with Gasteiger partial charge in [0.05, 0.1) is 0 Å². The molecule has 0 aliphatic heterocycles. The number of nitrogens with two attached hydrogens (primary N) is 1. The summed E-state index contributed by atoms with van der Waals surface area (Å²) in [5, 5.41) is 0. The van der Waals surface area contributed by atoms with Crippen molar-refractivity contribution in [1.29, 1.82) is 0 Å². The van der Waals surface area contributed by atoms with Gasteiger partial charge in [0, 0.05) is 0 Å². The van der Waals surface area contributed by atoms with Crippen molar-refractivity contribution in [2.24, 2.45) is 5.73 Å². The van der Waals surface area contributed by atoms with Gasteiger partial charge in [0.25, 0.3) is 0 Å². The molecule has 1 rings (SSSR count). The molecule has 16 heavy (non-hydrogen) atoms. The van der Waals surface area contributed by atoms with Crippen LogP contribution in [0.3, 0.4) is 0 Å². The Bertz CT molecular complexity index is 336.